The molecule has 0 aliphatic rings. The third-order valence-corrected chi connectivity index (χ3v) is 3.73. The Morgan fingerprint density at radius 2 is 1.81 bits per heavy atom. The van der Waals surface area contributed by atoms with Crippen molar-refractivity contribution in [3.8, 4) is 11.5 Å². The molecule has 0 atom stereocenters. The zero-order valence-electron chi connectivity index (χ0n) is 14.4. The van der Waals surface area contributed by atoms with E-state index in [1.807, 2.05) is 31.1 Å². The third kappa shape index (κ3) is 5.19. The predicted molar refractivity (Wildman–Crippen MR) is 91.5 cm³/mol. The molecule has 0 fully saturated rings. The summed E-state index contributed by atoms with van der Waals surface area (Å²) in [7, 11) is 3.90. The van der Waals surface area contributed by atoms with Gasteiger partial charge in [-0.1, -0.05) is 18.2 Å². The lowest BCUT2D eigenvalue weighted by molar-refractivity contribution is -0.385. The summed E-state index contributed by atoms with van der Waals surface area (Å²) in [6.45, 7) is 0.856. The molecular weight excluding hydrogens is 349 g/mol. The molecule has 0 unspecified atom stereocenters. The third-order valence-electron chi connectivity index (χ3n) is 3.73. The topological polar surface area (TPSA) is 55.6 Å². The second-order valence-electron chi connectivity index (χ2n) is 6.05. The molecule has 0 aromatic heterocycles. The van der Waals surface area contributed by atoms with Crippen LogP contribution in [0.5, 0.6) is 11.5 Å². The van der Waals surface area contributed by atoms with Gasteiger partial charge in [-0.2, -0.15) is 13.2 Å². The maximum Gasteiger partial charge on any atom is 0.416 e. The highest BCUT2D eigenvalue weighted by Gasteiger charge is 2.33. The summed E-state index contributed by atoms with van der Waals surface area (Å²) in [6.07, 6.45) is -3.13. The average Bonchev–Trinajstić information content (AvgIpc) is 2.55. The molecule has 0 saturated heterocycles. The molecule has 2 rings (SSSR count). The van der Waals surface area contributed by atoms with Crippen LogP contribution in [0.2, 0.25) is 0 Å². The van der Waals surface area contributed by atoms with Gasteiger partial charge in [0.2, 0.25) is 5.75 Å². The second-order valence-corrected chi connectivity index (χ2v) is 6.05. The highest BCUT2D eigenvalue weighted by molar-refractivity contribution is 5.52. The summed E-state index contributed by atoms with van der Waals surface area (Å²) in [5.41, 5.74) is -0.970. The molecule has 0 amide bonds. The summed E-state index contributed by atoms with van der Waals surface area (Å²) in [5.74, 6) is 0.178. The van der Waals surface area contributed by atoms with Crippen LogP contribution >= 0.6 is 0 Å². The molecule has 0 radical (unpaired) electrons. The Kier molecular flexibility index (Phi) is 6.20. The highest BCUT2D eigenvalue weighted by atomic mass is 19.4. The number of hydrogen-bond acceptors (Lipinski definition) is 4. The number of nitrogens with zero attached hydrogens (tertiary/aromatic N) is 2. The van der Waals surface area contributed by atoms with Crippen molar-refractivity contribution in [2.45, 2.75) is 19.0 Å². The summed E-state index contributed by atoms with van der Waals surface area (Å²) in [4.78, 5) is 12.3. The number of nitro benzene ring substituents is 1. The van der Waals surface area contributed by atoms with Gasteiger partial charge in [-0.15, -0.1) is 0 Å². The van der Waals surface area contributed by atoms with Gasteiger partial charge in [0.25, 0.3) is 0 Å². The van der Waals surface area contributed by atoms with Crippen molar-refractivity contribution >= 4 is 5.69 Å². The van der Waals surface area contributed by atoms with Crippen LogP contribution in [0.4, 0.5) is 18.9 Å². The maximum absolute atomic E-state index is 12.8. The van der Waals surface area contributed by atoms with Crippen molar-refractivity contribution in [3.05, 3.63) is 63.7 Å². The highest BCUT2D eigenvalue weighted by Crippen LogP contribution is 2.38. The quantitative estimate of drug-likeness (QED) is 0.515. The van der Waals surface area contributed by atoms with E-state index >= 15 is 0 Å². The van der Waals surface area contributed by atoms with E-state index in [-0.39, 0.29) is 5.75 Å². The van der Waals surface area contributed by atoms with Crippen LogP contribution in [-0.4, -0.2) is 30.5 Å². The normalized spacial score (nSPS) is 11.6. The van der Waals surface area contributed by atoms with Crippen LogP contribution in [-0.2, 0) is 12.6 Å². The van der Waals surface area contributed by atoms with Gasteiger partial charge in [-0.3, -0.25) is 10.1 Å². The first-order valence-corrected chi connectivity index (χ1v) is 7.94. The summed E-state index contributed by atoms with van der Waals surface area (Å²) in [6, 6.07) is 9.26. The predicted octanol–water partition coefficient (Wildman–Crippen LogP) is 4.90. The Balaban J connectivity index is 2.29. The fourth-order valence-electron chi connectivity index (χ4n) is 2.44. The summed E-state index contributed by atoms with van der Waals surface area (Å²) in [5, 5.41) is 11.2. The first kappa shape index (κ1) is 19.7. The van der Waals surface area contributed by atoms with Crippen LogP contribution in [0.3, 0.4) is 0 Å². The minimum Gasteiger partial charge on any atom is -0.450 e. The average molecular weight is 368 g/mol. The van der Waals surface area contributed by atoms with E-state index in [9.17, 15) is 23.3 Å². The van der Waals surface area contributed by atoms with Gasteiger partial charge in [0, 0.05) is 6.07 Å². The van der Waals surface area contributed by atoms with Gasteiger partial charge >= 0.3 is 11.9 Å². The molecule has 2 aromatic carbocycles. The Bertz CT molecular complexity index is 777. The van der Waals surface area contributed by atoms with Gasteiger partial charge < -0.3 is 9.64 Å². The molecule has 5 nitrogen and oxygen atoms in total. The monoisotopic (exact) mass is 368 g/mol. The molecule has 0 N–H and O–H groups in total. The van der Waals surface area contributed by atoms with E-state index in [2.05, 4.69) is 0 Å². The first-order valence-electron chi connectivity index (χ1n) is 7.94. The van der Waals surface area contributed by atoms with E-state index in [1.54, 1.807) is 12.1 Å². The van der Waals surface area contributed by atoms with Crippen LogP contribution in [0.25, 0.3) is 0 Å². The van der Waals surface area contributed by atoms with E-state index in [0.717, 1.165) is 30.7 Å². The Labute approximate surface area is 149 Å². The second kappa shape index (κ2) is 8.18. The zero-order chi connectivity index (χ0) is 19.3. The largest absolute Gasteiger partial charge is 0.450 e. The van der Waals surface area contributed by atoms with Crippen LogP contribution in [0, 0.1) is 10.1 Å². The molecule has 140 valence electrons. The molecule has 0 saturated carbocycles. The number of para-hydroxylation sites is 1. The lowest BCUT2D eigenvalue weighted by Gasteiger charge is -2.14. The number of benzene rings is 2. The van der Waals surface area contributed by atoms with Gasteiger partial charge in [-0.25, -0.2) is 0 Å². The van der Waals surface area contributed by atoms with Crippen molar-refractivity contribution in [2.75, 3.05) is 20.6 Å². The minimum atomic E-state index is -4.66. The zero-order valence-corrected chi connectivity index (χ0v) is 14.4. The number of ether oxygens (including phenoxy) is 1. The number of aryl methyl sites for hydroxylation is 1. The van der Waals surface area contributed by atoms with Crippen LogP contribution in [0.1, 0.15) is 17.5 Å². The molecular formula is C18H19F3N2O3. The SMILES string of the molecule is CN(C)CCCc1ccccc1Oc1ccc(C(F)(F)F)cc1[N+](=O)[O-]. The molecule has 0 aliphatic heterocycles. The minimum absolute atomic E-state index is 0.219. The number of rotatable bonds is 7. The van der Waals surface area contributed by atoms with Crippen molar-refractivity contribution in [1.29, 1.82) is 0 Å². The van der Waals surface area contributed by atoms with E-state index in [4.69, 9.17) is 4.74 Å². The summed E-state index contributed by atoms with van der Waals surface area (Å²) >= 11 is 0. The first-order chi connectivity index (χ1) is 12.2. The number of alkyl halides is 3. The Hall–Kier alpha value is -2.61. The van der Waals surface area contributed by atoms with Gasteiger partial charge in [0.05, 0.1) is 10.5 Å². The smallest absolute Gasteiger partial charge is 0.416 e. The fraction of sp³-hybridized carbons (Fsp3) is 0.333. The number of nitro groups is 1. The molecule has 0 aliphatic carbocycles. The van der Waals surface area contributed by atoms with Crippen LogP contribution < -0.4 is 4.74 Å². The number of hydrogen-bond donors (Lipinski definition) is 0. The van der Waals surface area contributed by atoms with Crippen molar-refractivity contribution in [1.82, 2.24) is 4.90 Å². The maximum atomic E-state index is 12.8. The van der Waals surface area contributed by atoms with E-state index < -0.39 is 22.4 Å². The molecule has 26 heavy (non-hydrogen) atoms. The van der Waals surface area contributed by atoms with Crippen molar-refractivity contribution < 1.29 is 22.8 Å². The standard InChI is InChI=1S/C18H19F3N2O3/c1-22(2)11-5-7-13-6-3-4-8-16(13)26-17-10-9-14(18(19,20)21)12-15(17)23(24)25/h3-4,6,8-10,12H,5,7,11H2,1-2H3. The summed E-state index contributed by atoms with van der Waals surface area (Å²) < 4.78 is 44.0. The van der Waals surface area contributed by atoms with Crippen LogP contribution in [0.15, 0.2) is 42.5 Å². The van der Waals surface area contributed by atoms with E-state index in [0.29, 0.717) is 18.2 Å². The molecule has 0 bridgehead atoms. The number of halogens is 3. The molecule has 0 heterocycles. The Morgan fingerprint density at radius 3 is 2.42 bits per heavy atom. The van der Waals surface area contributed by atoms with Crippen molar-refractivity contribution in [2.24, 2.45) is 0 Å². The lowest BCUT2D eigenvalue weighted by Crippen LogP contribution is -2.13. The molecule has 0 spiro atoms. The van der Waals surface area contributed by atoms with Gasteiger partial charge in [-0.05, 0) is 57.2 Å². The van der Waals surface area contributed by atoms with Crippen molar-refractivity contribution in [3.63, 3.8) is 0 Å². The van der Waals surface area contributed by atoms with Gasteiger partial charge in [0.15, 0.2) is 0 Å². The van der Waals surface area contributed by atoms with E-state index in [1.165, 1.54) is 0 Å². The van der Waals surface area contributed by atoms with Gasteiger partial charge in [0.1, 0.15) is 5.75 Å². The Morgan fingerprint density at radius 1 is 1.12 bits per heavy atom. The molecule has 2 aromatic rings. The molecule has 8 heteroatoms. The lowest BCUT2D eigenvalue weighted by atomic mass is 10.1. The fourth-order valence-corrected chi connectivity index (χ4v) is 2.44.